The van der Waals surface area contributed by atoms with E-state index in [1.807, 2.05) is 6.07 Å². The summed E-state index contributed by atoms with van der Waals surface area (Å²) in [5.74, 6) is 0. The third-order valence-corrected chi connectivity index (χ3v) is 5.00. The molecule has 7 heteroatoms. The SMILES string of the molecule is O=C(O)N1CCCC1c1ccc(Cl)cc1C1CCCN1C(=O)O. The second-order valence-electron chi connectivity index (χ2n) is 6.04. The molecule has 2 saturated heterocycles. The molecule has 0 saturated carbocycles. The van der Waals surface area contributed by atoms with Crippen molar-refractivity contribution >= 4 is 23.8 Å². The zero-order chi connectivity index (χ0) is 16.6. The molecule has 3 rings (SSSR count). The lowest BCUT2D eigenvalue weighted by Crippen LogP contribution is -2.32. The molecule has 2 fully saturated rings. The van der Waals surface area contributed by atoms with Gasteiger partial charge in [-0.3, -0.25) is 0 Å². The van der Waals surface area contributed by atoms with Gasteiger partial charge in [0.25, 0.3) is 0 Å². The molecule has 0 bridgehead atoms. The quantitative estimate of drug-likeness (QED) is 0.854. The highest BCUT2D eigenvalue weighted by atomic mass is 35.5. The molecule has 2 amide bonds. The van der Waals surface area contributed by atoms with Gasteiger partial charge >= 0.3 is 12.2 Å². The van der Waals surface area contributed by atoms with E-state index in [9.17, 15) is 19.8 Å². The number of carbonyl (C=O) groups is 2. The first-order valence-corrected chi connectivity index (χ1v) is 8.15. The fourth-order valence-electron chi connectivity index (χ4n) is 3.78. The Kier molecular flexibility index (Phi) is 4.35. The van der Waals surface area contributed by atoms with Gasteiger partial charge in [-0.25, -0.2) is 9.59 Å². The monoisotopic (exact) mass is 338 g/mol. The Morgan fingerprint density at radius 3 is 2.00 bits per heavy atom. The maximum atomic E-state index is 11.5. The van der Waals surface area contributed by atoms with Crippen LogP contribution in [0.15, 0.2) is 18.2 Å². The summed E-state index contributed by atoms with van der Waals surface area (Å²) >= 11 is 6.13. The highest BCUT2D eigenvalue weighted by Gasteiger charge is 2.36. The van der Waals surface area contributed by atoms with Crippen molar-refractivity contribution in [2.24, 2.45) is 0 Å². The van der Waals surface area contributed by atoms with Crippen LogP contribution in [0.25, 0.3) is 0 Å². The predicted molar refractivity (Wildman–Crippen MR) is 84.9 cm³/mol. The van der Waals surface area contributed by atoms with Crippen LogP contribution in [0.5, 0.6) is 0 Å². The Bertz CT molecular complexity index is 637. The number of rotatable bonds is 2. The Labute approximate surface area is 139 Å². The average Bonchev–Trinajstić information content (AvgIpc) is 3.16. The average molecular weight is 339 g/mol. The fraction of sp³-hybridized carbons (Fsp3) is 0.500. The molecule has 0 spiro atoms. The normalized spacial score (nSPS) is 24.2. The third-order valence-electron chi connectivity index (χ3n) is 4.76. The molecule has 1 aromatic carbocycles. The molecule has 6 nitrogen and oxygen atoms in total. The van der Waals surface area contributed by atoms with Crippen molar-refractivity contribution in [2.45, 2.75) is 37.8 Å². The number of hydrogen-bond acceptors (Lipinski definition) is 2. The van der Waals surface area contributed by atoms with Crippen LogP contribution in [-0.4, -0.2) is 45.3 Å². The van der Waals surface area contributed by atoms with Gasteiger partial charge in [0, 0.05) is 18.1 Å². The first kappa shape index (κ1) is 15.9. The Hall–Kier alpha value is -1.95. The molecule has 2 N–H and O–H groups in total. The van der Waals surface area contributed by atoms with Crippen molar-refractivity contribution < 1.29 is 19.8 Å². The molecule has 2 heterocycles. The van der Waals surface area contributed by atoms with Crippen LogP contribution in [-0.2, 0) is 0 Å². The van der Waals surface area contributed by atoms with Crippen molar-refractivity contribution in [3.05, 3.63) is 34.3 Å². The largest absolute Gasteiger partial charge is 0.465 e. The number of amides is 2. The van der Waals surface area contributed by atoms with Crippen LogP contribution >= 0.6 is 11.6 Å². The van der Waals surface area contributed by atoms with Gasteiger partial charge in [0.15, 0.2) is 0 Å². The molecule has 2 aliphatic rings. The molecule has 0 radical (unpaired) electrons. The number of benzene rings is 1. The Morgan fingerprint density at radius 2 is 1.48 bits per heavy atom. The van der Waals surface area contributed by atoms with Crippen LogP contribution in [0, 0.1) is 0 Å². The van der Waals surface area contributed by atoms with Crippen LogP contribution in [0.4, 0.5) is 9.59 Å². The van der Waals surface area contributed by atoms with E-state index in [1.54, 1.807) is 12.1 Å². The van der Waals surface area contributed by atoms with Crippen LogP contribution < -0.4 is 0 Å². The third kappa shape index (κ3) is 2.95. The number of carboxylic acid groups (broad SMARTS) is 2. The number of halogens is 1. The maximum Gasteiger partial charge on any atom is 0.407 e. The summed E-state index contributed by atoms with van der Waals surface area (Å²) in [5.41, 5.74) is 1.73. The minimum absolute atomic E-state index is 0.226. The van der Waals surface area contributed by atoms with E-state index in [4.69, 9.17) is 11.6 Å². The molecule has 2 aliphatic heterocycles. The van der Waals surface area contributed by atoms with E-state index in [0.29, 0.717) is 18.1 Å². The van der Waals surface area contributed by atoms with Gasteiger partial charge in [-0.2, -0.15) is 0 Å². The summed E-state index contributed by atoms with van der Waals surface area (Å²) in [4.78, 5) is 25.8. The highest BCUT2D eigenvalue weighted by Crippen LogP contribution is 2.41. The van der Waals surface area contributed by atoms with E-state index in [2.05, 4.69) is 0 Å². The summed E-state index contributed by atoms with van der Waals surface area (Å²) < 4.78 is 0. The van der Waals surface area contributed by atoms with Gasteiger partial charge in [-0.05, 0) is 48.9 Å². The van der Waals surface area contributed by atoms with Gasteiger partial charge < -0.3 is 20.0 Å². The molecule has 1 aromatic rings. The van der Waals surface area contributed by atoms with Crippen molar-refractivity contribution in [2.75, 3.05) is 13.1 Å². The van der Waals surface area contributed by atoms with E-state index < -0.39 is 12.2 Å². The van der Waals surface area contributed by atoms with Crippen molar-refractivity contribution in [1.29, 1.82) is 0 Å². The second kappa shape index (κ2) is 6.28. The lowest BCUT2D eigenvalue weighted by atomic mass is 9.92. The number of hydrogen-bond donors (Lipinski definition) is 2. The van der Waals surface area contributed by atoms with Crippen LogP contribution in [0.2, 0.25) is 5.02 Å². The summed E-state index contributed by atoms with van der Waals surface area (Å²) in [6, 6.07) is 4.91. The Balaban J connectivity index is 2.01. The number of likely N-dealkylation sites (tertiary alicyclic amines) is 2. The van der Waals surface area contributed by atoms with Gasteiger partial charge in [0.05, 0.1) is 12.1 Å². The van der Waals surface area contributed by atoms with Gasteiger partial charge in [-0.15, -0.1) is 0 Å². The highest BCUT2D eigenvalue weighted by molar-refractivity contribution is 6.30. The molecule has 2 unspecified atom stereocenters. The minimum atomic E-state index is -0.945. The number of nitrogens with zero attached hydrogens (tertiary/aromatic N) is 2. The van der Waals surface area contributed by atoms with Gasteiger partial charge in [0.2, 0.25) is 0 Å². The molecular weight excluding hydrogens is 320 g/mol. The fourth-order valence-corrected chi connectivity index (χ4v) is 3.96. The topological polar surface area (TPSA) is 81.1 Å². The smallest absolute Gasteiger partial charge is 0.407 e. The van der Waals surface area contributed by atoms with E-state index in [-0.39, 0.29) is 12.1 Å². The summed E-state index contributed by atoms with van der Waals surface area (Å²) in [7, 11) is 0. The summed E-state index contributed by atoms with van der Waals surface area (Å²) in [6.07, 6.45) is 1.22. The van der Waals surface area contributed by atoms with Crippen LogP contribution in [0.1, 0.15) is 48.9 Å². The van der Waals surface area contributed by atoms with E-state index >= 15 is 0 Å². The predicted octanol–water partition coefficient (Wildman–Crippen LogP) is 3.97. The van der Waals surface area contributed by atoms with Crippen molar-refractivity contribution in [1.82, 2.24) is 9.80 Å². The zero-order valence-corrected chi connectivity index (χ0v) is 13.4. The molecule has 23 heavy (non-hydrogen) atoms. The van der Waals surface area contributed by atoms with Crippen LogP contribution in [0.3, 0.4) is 0 Å². The first-order chi connectivity index (χ1) is 11.0. The van der Waals surface area contributed by atoms with E-state index in [0.717, 1.165) is 36.8 Å². The Morgan fingerprint density at radius 1 is 0.957 bits per heavy atom. The molecule has 124 valence electrons. The standard InChI is InChI=1S/C16H19ClN2O4/c17-10-5-6-11(13-3-1-7-18(13)15(20)21)12(9-10)14-4-2-8-19(14)16(22)23/h5-6,9,13-14H,1-4,7-8H2,(H,20,21)(H,22,23). The van der Waals surface area contributed by atoms with Gasteiger partial charge in [0.1, 0.15) is 0 Å². The zero-order valence-electron chi connectivity index (χ0n) is 12.6. The van der Waals surface area contributed by atoms with E-state index in [1.165, 1.54) is 9.80 Å². The molecule has 2 atom stereocenters. The first-order valence-electron chi connectivity index (χ1n) is 7.77. The second-order valence-corrected chi connectivity index (χ2v) is 6.48. The molecule has 0 aliphatic carbocycles. The maximum absolute atomic E-state index is 11.5. The molecular formula is C16H19ClN2O4. The van der Waals surface area contributed by atoms with Crippen molar-refractivity contribution in [3.8, 4) is 0 Å². The van der Waals surface area contributed by atoms with Crippen molar-refractivity contribution in [3.63, 3.8) is 0 Å². The lowest BCUT2D eigenvalue weighted by molar-refractivity contribution is 0.135. The molecule has 0 aromatic heterocycles. The summed E-state index contributed by atoms with van der Waals surface area (Å²) in [6.45, 7) is 1.01. The van der Waals surface area contributed by atoms with Gasteiger partial charge in [-0.1, -0.05) is 17.7 Å². The summed E-state index contributed by atoms with van der Waals surface area (Å²) in [5, 5.41) is 19.3. The minimum Gasteiger partial charge on any atom is -0.465 e. The lowest BCUT2D eigenvalue weighted by Gasteiger charge is -2.29.